The Balaban J connectivity index is 1.50. The molecular weight excluding hydrogens is 555 g/mol. The predicted octanol–water partition coefficient (Wildman–Crippen LogP) is 8.13. The van der Waals surface area contributed by atoms with E-state index in [9.17, 15) is 0 Å². The van der Waals surface area contributed by atoms with Gasteiger partial charge in [0, 0.05) is 25.7 Å². The number of hydrogen-bond acceptors (Lipinski definition) is 1. The summed E-state index contributed by atoms with van der Waals surface area (Å²) in [4.78, 5) is 5.06. The van der Waals surface area contributed by atoms with E-state index in [1.54, 1.807) is 0 Å². The highest BCUT2D eigenvalue weighted by molar-refractivity contribution is 14.1. The van der Waals surface area contributed by atoms with Crippen molar-refractivity contribution in [2.75, 3.05) is 0 Å². The molecule has 8 rings (SSSR count). The molecule has 0 aliphatic rings. The fourth-order valence-electron chi connectivity index (χ4n) is 5.58. The molecule has 0 aliphatic heterocycles. The molecule has 0 N–H and O–H groups in total. The number of hydrogen-bond donors (Lipinski definition) is 0. The topological polar surface area (TPSA) is 27.2 Å². The Morgan fingerprint density at radius 2 is 1.17 bits per heavy atom. The molecule has 0 saturated heterocycles. The Labute approximate surface area is 220 Å². The molecule has 5 heteroatoms. The molecule has 4 nitrogen and oxygen atoms in total. The summed E-state index contributed by atoms with van der Waals surface area (Å²) in [6.07, 6.45) is 0. The van der Waals surface area contributed by atoms with Crippen LogP contribution in [0.3, 0.4) is 0 Å². The van der Waals surface area contributed by atoms with Crippen LogP contribution in [0.1, 0.15) is 0 Å². The molecule has 0 fully saturated rings. The smallest absolute Gasteiger partial charge is 0.220 e. The van der Waals surface area contributed by atoms with E-state index in [4.69, 9.17) is 4.98 Å². The van der Waals surface area contributed by atoms with E-state index in [-0.39, 0.29) is 0 Å². The standard InChI is InChI=1S/C31H19IN4/c32-20-14-16-26-23(18-20)24-19-22(15-17-27(24)34(26)21-8-2-1-3-9-21)35-29-12-6-7-13-30(29)36-28-11-5-4-10-25(28)33-31(35)36/h1-19H. The van der Waals surface area contributed by atoms with Crippen LogP contribution < -0.4 is 0 Å². The molecule has 0 aliphatic carbocycles. The van der Waals surface area contributed by atoms with Crippen molar-refractivity contribution in [2.24, 2.45) is 0 Å². The normalized spacial score (nSPS) is 12.0. The number of fused-ring (bicyclic) bond motifs is 8. The monoisotopic (exact) mass is 574 g/mol. The van der Waals surface area contributed by atoms with E-state index in [0.717, 1.165) is 33.5 Å². The van der Waals surface area contributed by atoms with Gasteiger partial charge < -0.3 is 4.57 Å². The van der Waals surface area contributed by atoms with Crippen molar-refractivity contribution in [3.8, 4) is 11.4 Å². The number of nitrogens with zero attached hydrogens (tertiary/aromatic N) is 4. The van der Waals surface area contributed by atoms with Crippen LogP contribution in [0, 0.1) is 3.57 Å². The summed E-state index contributed by atoms with van der Waals surface area (Å²) in [6, 6.07) is 41.0. The van der Waals surface area contributed by atoms with Gasteiger partial charge in [-0.15, -0.1) is 0 Å². The molecule has 0 saturated carbocycles. The van der Waals surface area contributed by atoms with Crippen LogP contribution in [0.4, 0.5) is 0 Å². The van der Waals surface area contributed by atoms with Crippen molar-refractivity contribution in [2.45, 2.75) is 0 Å². The third kappa shape index (κ3) is 2.72. The van der Waals surface area contributed by atoms with Gasteiger partial charge in [-0.3, -0.25) is 8.97 Å². The van der Waals surface area contributed by atoms with E-state index in [1.807, 2.05) is 6.07 Å². The highest BCUT2D eigenvalue weighted by atomic mass is 127. The van der Waals surface area contributed by atoms with E-state index in [2.05, 4.69) is 145 Å². The minimum absolute atomic E-state index is 0.929. The number of aromatic nitrogens is 4. The third-order valence-electron chi connectivity index (χ3n) is 7.09. The van der Waals surface area contributed by atoms with Crippen molar-refractivity contribution < 1.29 is 0 Å². The molecular formula is C31H19IN4. The lowest BCUT2D eigenvalue weighted by atomic mass is 10.1. The Kier molecular flexibility index (Phi) is 4.16. The Morgan fingerprint density at radius 1 is 0.500 bits per heavy atom. The van der Waals surface area contributed by atoms with E-state index >= 15 is 0 Å². The van der Waals surface area contributed by atoms with Crippen LogP contribution in [-0.2, 0) is 0 Å². The quantitative estimate of drug-likeness (QED) is 0.192. The summed E-state index contributed by atoms with van der Waals surface area (Å²) < 4.78 is 8.14. The number of rotatable bonds is 2. The van der Waals surface area contributed by atoms with Gasteiger partial charge >= 0.3 is 0 Å². The van der Waals surface area contributed by atoms with Gasteiger partial charge in [-0.25, -0.2) is 4.98 Å². The summed E-state index contributed by atoms with van der Waals surface area (Å²) in [5.74, 6) is 0.929. The molecule has 8 aromatic rings. The second-order valence-corrected chi connectivity index (χ2v) is 10.3. The fraction of sp³-hybridized carbons (Fsp3) is 0. The number of para-hydroxylation sites is 5. The lowest BCUT2D eigenvalue weighted by Gasteiger charge is -2.09. The summed E-state index contributed by atoms with van der Waals surface area (Å²) >= 11 is 2.41. The number of benzene rings is 5. The van der Waals surface area contributed by atoms with Gasteiger partial charge in [0.05, 0.1) is 33.1 Å². The second-order valence-electron chi connectivity index (χ2n) is 9.09. The lowest BCUT2D eigenvalue weighted by molar-refractivity contribution is 1.11. The highest BCUT2D eigenvalue weighted by Crippen LogP contribution is 2.36. The maximum absolute atomic E-state index is 5.06. The first kappa shape index (κ1) is 20.1. The molecule has 0 atom stereocenters. The maximum atomic E-state index is 5.06. The van der Waals surface area contributed by atoms with Gasteiger partial charge in [0.15, 0.2) is 0 Å². The Morgan fingerprint density at radius 3 is 2.00 bits per heavy atom. The lowest BCUT2D eigenvalue weighted by Crippen LogP contribution is -1.96. The average molecular weight is 574 g/mol. The van der Waals surface area contributed by atoms with Crippen molar-refractivity contribution in [1.82, 2.24) is 18.5 Å². The molecule has 0 spiro atoms. The molecule has 5 aromatic carbocycles. The molecule has 0 amide bonds. The van der Waals surface area contributed by atoms with Gasteiger partial charge in [0.1, 0.15) is 0 Å². The van der Waals surface area contributed by atoms with E-state index in [0.29, 0.717) is 0 Å². The highest BCUT2D eigenvalue weighted by Gasteiger charge is 2.19. The minimum atomic E-state index is 0.929. The first-order chi connectivity index (χ1) is 17.8. The zero-order chi connectivity index (χ0) is 23.8. The Hall–Kier alpha value is -4.10. The van der Waals surface area contributed by atoms with E-state index in [1.165, 1.54) is 31.1 Å². The maximum Gasteiger partial charge on any atom is 0.220 e. The first-order valence-electron chi connectivity index (χ1n) is 11.9. The predicted molar refractivity (Wildman–Crippen MR) is 157 cm³/mol. The van der Waals surface area contributed by atoms with Crippen molar-refractivity contribution in [3.05, 3.63) is 119 Å². The molecule has 3 aromatic heterocycles. The van der Waals surface area contributed by atoms with Gasteiger partial charge in [-0.1, -0.05) is 42.5 Å². The molecule has 36 heavy (non-hydrogen) atoms. The number of halogens is 1. The number of imidazole rings is 2. The summed E-state index contributed by atoms with van der Waals surface area (Å²) in [6.45, 7) is 0. The molecule has 0 unspecified atom stereocenters. The minimum Gasteiger partial charge on any atom is -0.309 e. The van der Waals surface area contributed by atoms with Crippen molar-refractivity contribution in [1.29, 1.82) is 0 Å². The summed E-state index contributed by atoms with van der Waals surface area (Å²) in [7, 11) is 0. The van der Waals surface area contributed by atoms with Crippen molar-refractivity contribution >= 4 is 72.2 Å². The van der Waals surface area contributed by atoms with Crippen LogP contribution in [0.25, 0.3) is 61.0 Å². The summed E-state index contributed by atoms with van der Waals surface area (Å²) in [5.41, 5.74) is 9.11. The first-order valence-corrected chi connectivity index (χ1v) is 13.0. The van der Waals surface area contributed by atoms with Crippen LogP contribution >= 0.6 is 22.6 Å². The average Bonchev–Trinajstić information content (AvgIpc) is 3.55. The molecule has 3 heterocycles. The van der Waals surface area contributed by atoms with Crippen LogP contribution in [0.15, 0.2) is 115 Å². The fourth-order valence-corrected chi connectivity index (χ4v) is 6.07. The van der Waals surface area contributed by atoms with Crippen molar-refractivity contribution in [3.63, 3.8) is 0 Å². The van der Waals surface area contributed by atoms with Gasteiger partial charge in [-0.2, -0.15) is 0 Å². The summed E-state index contributed by atoms with van der Waals surface area (Å²) in [5, 5.41) is 2.49. The Bertz CT molecular complexity index is 2110. The largest absolute Gasteiger partial charge is 0.309 e. The third-order valence-corrected chi connectivity index (χ3v) is 7.76. The van der Waals surface area contributed by atoms with Crippen LogP contribution in [0.2, 0.25) is 0 Å². The SMILES string of the molecule is Ic1ccc2c(c1)c1cc(-n3c4ccccc4n4c5ccccc5nc34)ccc1n2-c1ccccc1. The van der Waals surface area contributed by atoms with E-state index < -0.39 is 0 Å². The molecule has 0 radical (unpaired) electrons. The van der Waals surface area contributed by atoms with Crippen LogP contribution in [-0.4, -0.2) is 18.5 Å². The second kappa shape index (κ2) is 7.45. The zero-order valence-electron chi connectivity index (χ0n) is 19.1. The zero-order valence-corrected chi connectivity index (χ0v) is 21.3. The van der Waals surface area contributed by atoms with Crippen LogP contribution in [0.5, 0.6) is 0 Å². The van der Waals surface area contributed by atoms with Gasteiger partial charge in [0.25, 0.3) is 0 Å². The molecule has 170 valence electrons. The van der Waals surface area contributed by atoms with Gasteiger partial charge in [0.2, 0.25) is 5.78 Å². The molecule has 0 bridgehead atoms. The van der Waals surface area contributed by atoms with Gasteiger partial charge in [-0.05, 0) is 95.4 Å².